The minimum absolute atomic E-state index is 0.0222. The number of nitrogens with one attached hydrogen (secondary N) is 1. The van der Waals surface area contributed by atoms with Crippen LogP contribution in [0.15, 0.2) is 88.6 Å². The van der Waals surface area contributed by atoms with Crippen LogP contribution in [0, 0.1) is 5.82 Å². The number of benzene rings is 3. The van der Waals surface area contributed by atoms with Gasteiger partial charge in [0.1, 0.15) is 5.82 Å². The van der Waals surface area contributed by atoms with Crippen LogP contribution in [0.2, 0.25) is 5.02 Å². The summed E-state index contributed by atoms with van der Waals surface area (Å²) in [5.41, 5.74) is 3.01. The molecule has 11 heteroatoms. The number of nitrogens with two attached hydrogens (primary N) is 1. The molecule has 0 radical (unpaired) electrons. The summed E-state index contributed by atoms with van der Waals surface area (Å²) < 4.78 is 57.9. The minimum Gasteiger partial charge on any atom is -0.324 e. The van der Waals surface area contributed by atoms with Crippen molar-refractivity contribution in [3.05, 3.63) is 127 Å². The van der Waals surface area contributed by atoms with Gasteiger partial charge in [-0.05, 0) is 37.6 Å². The van der Waals surface area contributed by atoms with Gasteiger partial charge in [-0.2, -0.15) is 13.2 Å². The summed E-state index contributed by atoms with van der Waals surface area (Å²) >= 11 is 6.38. The third kappa shape index (κ3) is 7.13. The number of aromatic nitrogens is 2. The van der Waals surface area contributed by atoms with Gasteiger partial charge >= 0.3 is 11.9 Å². The van der Waals surface area contributed by atoms with Crippen LogP contribution in [0.5, 0.6) is 0 Å². The number of hydrogen-bond donors (Lipinski definition) is 2. The number of halogens is 5. The second kappa shape index (κ2) is 12.0. The number of alkyl halides is 3. The Morgan fingerprint density at radius 3 is 2.22 bits per heavy atom. The van der Waals surface area contributed by atoms with Gasteiger partial charge < -0.3 is 11.1 Å². The highest BCUT2D eigenvalue weighted by atomic mass is 35.5. The summed E-state index contributed by atoms with van der Waals surface area (Å²) in [6.45, 7) is 3.00. The van der Waals surface area contributed by atoms with Gasteiger partial charge in [-0.25, -0.2) is 9.18 Å². The van der Waals surface area contributed by atoms with E-state index in [4.69, 9.17) is 17.3 Å². The normalized spacial score (nSPS) is 12.9. The smallest absolute Gasteiger partial charge is 0.324 e. The Balaban J connectivity index is 1.92. The maximum atomic E-state index is 14.8. The summed E-state index contributed by atoms with van der Waals surface area (Å²) in [6, 6.07) is 17.5. The molecule has 0 spiro atoms. The molecular weight excluding hydrogens is 560 g/mol. The van der Waals surface area contributed by atoms with Gasteiger partial charge in [0.05, 0.1) is 30.3 Å². The SMILES string of the molecule is CC(C)(N)CN[C@@H](Cn1c(=O)c(-c2ccccc2Cl)cn(Cc2c(F)cccc2C(F)(F)F)c1=O)c1ccccc1. The molecule has 0 unspecified atom stereocenters. The van der Waals surface area contributed by atoms with E-state index in [1.807, 2.05) is 32.0 Å². The zero-order valence-corrected chi connectivity index (χ0v) is 23.1. The van der Waals surface area contributed by atoms with Gasteiger partial charge in [0.25, 0.3) is 5.56 Å². The molecule has 0 bridgehead atoms. The summed E-state index contributed by atoms with van der Waals surface area (Å²) in [5, 5.41) is 3.49. The molecule has 0 saturated heterocycles. The Hall–Kier alpha value is -3.73. The van der Waals surface area contributed by atoms with Crippen molar-refractivity contribution in [3.8, 4) is 11.1 Å². The molecule has 0 saturated carbocycles. The van der Waals surface area contributed by atoms with Gasteiger partial charge in [0, 0.05) is 34.4 Å². The molecule has 0 aliphatic heterocycles. The maximum Gasteiger partial charge on any atom is 0.416 e. The highest BCUT2D eigenvalue weighted by Crippen LogP contribution is 2.33. The first-order valence-electron chi connectivity index (χ1n) is 12.8. The fourth-order valence-corrected chi connectivity index (χ4v) is 4.73. The van der Waals surface area contributed by atoms with E-state index in [0.29, 0.717) is 6.54 Å². The fraction of sp³-hybridized carbons (Fsp3) is 0.267. The lowest BCUT2D eigenvalue weighted by molar-refractivity contribution is -0.138. The monoisotopic (exact) mass is 588 g/mol. The van der Waals surface area contributed by atoms with E-state index >= 15 is 0 Å². The molecule has 4 rings (SSSR count). The Labute approximate surface area is 239 Å². The van der Waals surface area contributed by atoms with Crippen molar-refractivity contribution in [1.82, 2.24) is 14.5 Å². The Morgan fingerprint density at radius 2 is 1.59 bits per heavy atom. The third-order valence-electron chi connectivity index (χ3n) is 6.53. The molecule has 0 aliphatic carbocycles. The Kier molecular flexibility index (Phi) is 8.86. The van der Waals surface area contributed by atoms with Crippen molar-refractivity contribution in [2.75, 3.05) is 6.54 Å². The molecule has 3 aromatic carbocycles. The zero-order chi connectivity index (χ0) is 29.9. The summed E-state index contributed by atoms with van der Waals surface area (Å²) in [5.74, 6) is -1.13. The largest absolute Gasteiger partial charge is 0.416 e. The van der Waals surface area contributed by atoms with Crippen molar-refractivity contribution in [2.24, 2.45) is 5.73 Å². The van der Waals surface area contributed by atoms with Crippen molar-refractivity contribution in [2.45, 2.75) is 44.7 Å². The lowest BCUT2D eigenvalue weighted by Crippen LogP contribution is -2.47. The lowest BCUT2D eigenvalue weighted by atomic mass is 10.0. The van der Waals surface area contributed by atoms with E-state index < -0.39 is 52.5 Å². The van der Waals surface area contributed by atoms with Crippen LogP contribution in [-0.2, 0) is 19.3 Å². The van der Waals surface area contributed by atoms with E-state index in [0.717, 1.165) is 39.1 Å². The summed E-state index contributed by atoms with van der Waals surface area (Å²) in [4.78, 5) is 27.5. The van der Waals surface area contributed by atoms with Crippen LogP contribution in [-0.4, -0.2) is 21.2 Å². The van der Waals surface area contributed by atoms with Gasteiger partial charge in [-0.15, -0.1) is 0 Å². The molecule has 1 atom stereocenters. The van der Waals surface area contributed by atoms with Crippen molar-refractivity contribution in [1.29, 1.82) is 0 Å². The molecular formula is C30H29ClF4N4O2. The lowest BCUT2D eigenvalue weighted by Gasteiger charge is -2.26. The van der Waals surface area contributed by atoms with E-state index in [9.17, 15) is 27.2 Å². The highest BCUT2D eigenvalue weighted by molar-refractivity contribution is 6.33. The Bertz CT molecular complexity index is 1640. The van der Waals surface area contributed by atoms with Gasteiger partial charge in [-0.1, -0.05) is 66.2 Å². The van der Waals surface area contributed by atoms with Crippen molar-refractivity contribution >= 4 is 11.6 Å². The van der Waals surface area contributed by atoms with Gasteiger partial charge in [0.2, 0.25) is 0 Å². The molecule has 216 valence electrons. The van der Waals surface area contributed by atoms with E-state index in [2.05, 4.69) is 5.32 Å². The van der Waals surface area contributed by atoms with Crippen LogP contribution in [0.1, 0.15) is 36.6 Å². The number of hydrogen-bond acceptors (Lipinski definition) is 4. The van der Waals surface area contributed by atoms with Crippen LogP contribution in [0.25, 0.3) is 11.1 Å². The van der Waals surface area contributed by atoms with Crippen molar-refractivity contribution in [3.63, 3.8) is 0 Å². The molecule has 0 amide bonds. The average Bonchev–Trinajstić information content (AvgIpc) is 2.90. The van der Waals surface area contributed by atoms with Crippen LogP contribution in [0.4, 0.5) is 17.6 Å². The third-order valence-corrected chi connectivity index (χ3v) is 6.85. The van der Waals surface area contributed by atoms with Crippen molar-refractivity contribution < 1.29 is 17.6 Å². The fourth-order valence-electron chi connectivity index (χ4n) is 4.49. The highest BCUT2D eigenvalue weighted by Gasteiger charge is 2.35. The van der Waals surface area contributed by atoms with E-state index in [1.165, 1.54) is 0 Å². The molecule has 1 aromatic heterocycles. The maximum absolute atomic E-state index is 14.8. The molecule has 1 heterocycles. The second-order valence-corrected chi connectivity index (χ2v) is 10.9. The van der Waals surface area contributed by atoms with Crippen LogP contribution in [0.3, 0.4) is 0 Å². The predicted molar refractivity (Wildman–Crippen MR) is 151 cm³/mol. The molecule has 3 N–H and O–H groups in total. The van der Waals surface area contributed by atoms with E-state index in [-0.39, 0.29) is 22.7 Å². The molecule has 41 heavy (non-hydrogen) atoms. The summed E-state index contributed by atoms with van der Waals surface area (Å²) in [6.07, 6.45) is -3.73. The average molecular weight is 589 g/mol. The standard InChI is InChI=1S/C30H29ClF4N4O2/c1-29(2,36)18-37-26(19-9-4-3-5-10-19)17-39-27(40)21(20-11-6-7-13-24(20)31)15-38(28(39)41)16-22-23(30(33,34)35)12-8-14-25(22)32/h3-15,26,37H,16-18,36H2,1-2H3/t26-/m0/s1. The topological polar surface area (TPSA) is 82.0 Å². The van der Waals surface area contributed by atoms with Gasteiger partial charge in [-0.3, -0.25) is 13.9 Å². The second-order valence-electron chi connectivity index (χ2n) is 10.4. The first-order valence-corrected chi connectivity index (χ1v) is 13.1. The molecule has 0 fully saturated rings. The number of rotatable bonds is 9. The first-order chi connectivity index (χ1) is 19.3. The van der Waals surface area contributed by atoms with E-state index in [1.54, 1.807) is 36.4 Å². The Morgan fingerprint density at radius 1 is 0.927 bits per heavy atom. The van der Waals surface area contributed by atoms with Gasteiger partial charge in [0.15, 0.2) is 0 Å². The molecule has 4 aromatic rings. The first kappa shape index (κ1) is 30.2. The van der Waals surface area contributed by atoms with Crippen LogP contribution >= 0.6 is 11.6 Å². The molecule has 6 nitrogen and oxygen atoms in total. The zero-order valence-electron chi connectivity index (χ0n) is 22.4. The summed E-state index contributed by atoms with van der Waals surface area (Å²) in [7, 11) is 0. The molecule has 0 aliphatic rings. The minimum atomic E-state index is -4.86. The quantitative estimate of drug-likeness (QED) is 0.249. The van der Waals surface area contributed by atoms with Crippen LogP contribution < -0.4 is 22.3 Å². The number of nitrogens with zero attached hydrogens (tertiary/aromatic N) is 2. The predicted octanol–water partition coefficient (Wildman–Crippen LogP) is 5.60.